The van der Waals surface area contributed by atoms with Gasteiger partial charge in [-0.1, -0.05) is 18.6 Å². The predicted molar refractivity (Wildman–Crippen MR) is 52.1 cm³/mol. The summed E-state index contributed by atoms with van der Waals surface area (Å²) in [4.78, 5) is 13.2. The van der Waals surface area contributed by atoms with Crippen molar-refractivity contribution in [3.63, 3.8) is 0 Å². The second-order valence-electron chi connectivity index (χ2n) is 3.02. The smallest absolute Gasteiger partial charge is 0.238 e. The van der Waals surface area contributed by atoms with Crippen LogP contribution in [0.5, 0.6) is 0 Å². The van der Waals surface area contributed by atoms with E-state index in [1.165, 1.54) is 24.8 Å². The maximum Gasteiger partial charge on any atom is 0.238 e. The highest BCUT2D eigenvalue weighted by molar-refractivity contribution is 7.78. The van der Waals surface area contributed by atoms with E-state index in [4.69, 9.17) is 0 Å². The topological polar surface area (TPSA) is 32.3 Å². The van der Waals surface area contributed by atoms with Crippen LogP contribution in [0.15, 0.2) is 0 Å². The van der Waals surface area contributed by atoms with Crippen molar-refractivity contribution in [2.45, 2.75) is 19.3 Å². The Morgan fingerprint density at radius 1 is 1.42 bits per heavy atom. The van der Waals surface area contributed by atoms with Crippen molar-refractivity contribution in [1.82, 2.24) is 10.2 Å². The zero-order valence-electron chi connectivity index (χ0n) is 7.08. The number of rotatable bonds is 3. The van der Waals surface area contributed by atoms with Crippen molar-refractivity contribution in [2.24, 2.45) is 0 Å². The van der Waals surface area contributed by atoms with Gasteiger partial charge in [-0.2, -0.15) is 0 Å². The van der Waals surface area contributed by atoms with E-state index >= 15 is 0 Å². The third kappa shape index (κ3) is 3.28. The first-order valence-electron chi connectivity index (χ1n) is 4.28. The van der Waals surface area contributed by atoms with Gasteiger partial charge in [0.2, 0.25) is 5.91 Å². The number of carbonyl (C=O) groups is 1. The minimum Gasteiger partial charge on any atom is -0.322 e. The Balaban J connectivity index is 2.19. The average Bonchev–Trinajstić information content (AvgIpc) is 2.06. The van der Waals surface area contributed by atoms with Gasteiger partial charge < -0.3 is 5.32 Å². The summed E-state index contributed by atoms with van der Waals surface area (Å²) < 4.78 is 0. The van der Waals surface area contributed by atoms with Gasteiger partial charge in [-0.3, -0.25) is 9.69 Å². The second-order valence-corrected chi connectivity index (χ2v) is 3.26. The van der Waals surface area contributed by atoms with Gasteiger partial charge >= 0.3 is 0 Å². The van der Waals surface area contributed by atoms with Crippen LogP contribution in [-0.2, 0) is 4.79 Å². The molecule has 1 N–H and O–H groups in total. The normalized spacial score (nSPS) is 18.7. The Bertz CT molecular complexity index is 166. The predicted octanol–water partition coefficient (Wildman–Crippen LogP) is 0.546. The molecule has 1 heterocycles. The van der Waals surface area contributed by atoms with Crippen LogP contribution in [0.1, 0.15) is 19.3 Å². The number of nitrogens with zero attached hydrogens (tertiary/aromatic N) is 1. The third-order valence-electron chi connectivity index (χ3n) is 2.04. The number of hydrogen-bond acceptors (Lipinski definition) is 3. The summed E-state index contributed by atoms with van der Waals surface area (Å²) in [7, 11) is 0. The van der Waals surface area contributed by atoms with Gasteiger partial charge in [0.1, 0.15) is 0 Å². The van der Waals surface area contributed by atoms with E-state index < -0.39 is 0 Å². The summed E-state index contributed by atoms with van der Waals surface area (Å²) in [6.07, 6.45) is 3.72. The van der Waals surface area contributed by atoms with Crippen molar-refractivity contribution < 1.29 is 4.79 Å². The molecule has 1 saturated heterocycles. The van der Waals surface area contributed by atoms with E-state index in [1.54, 1.807) is 0 Å². The molecule has 0 unspecified atom stereocenters. The molecular formula is C8H14N2OS. The van der Waals surface area contributed by atoms with Crippen molar-refractivity contribution in [1.29, 1.82) is 0 Å². The van der Waals surface area contributed by atoms with Crippen LogP contribution in [0.4, 0.5) is 0 Å². The summed E-state index contributed by atoms with van der Waals surface area (Å²) in [5, 5.41) is 2.50. The van der Waals surface area contributed by atoms with Gasteiger partial charge in [0.05, 0.1) is 12.0 Å². The monoisotopic (exact) mass is 186 g/mol. The van der Waals surface area contributed by atoms with Crippen LogP contribution in [0.2, 0.25) is 0 Å². The molecule has 0 atom stereocenters. The first kappa shape index (κ1) is 9.61. The SMILES string of the molecule is O=C(CN1CCCCC1)NC=S. The number of amides is 1. The first-order chi connectivity index (χ1) is 5.83. The lowest BCUT2D eigenvalue weighted by Crippen LogP contribution is -2.39. The first-order valence-corrected chi connectivity index (χ1v) is 4.75. The minimum absolute atomic E-state index is 0.00639. The van der Waals surface area contributed by atoms with Crippen molar-refractivity contribution >= 4 is 23.6 Å². The van der Waals surface area contributed by atoms with Gasteiger partial charge in [-0.05, 0) is 25.9 Å². The van der Waals surface area contributed by atoms with Gasteiger partial charge in [-0.15, -0.1) is 0 Å². The Morgan fingerprint density at radius 3 is 2.67 bits per heavy atom. The minimum atomic E-state index is 0.00639. The number of hydrogen-bond donors (Lipinski definition) is 1. The molecule has 1 fully saturated rings. The van der Waals surface area contributed by atoms with E-state index in [1.807, 2.05) is 0 Å². The van der Waals surface area contributed by atoms with Crippen LogP contribution in [0, 0.1) is 0 Å². The molecule has 0 aromatic carbocycles. The molecule has 1 amide bonds. The van der Waals surface area contributed by atoms with Crippen molar-refractivity contribution in [3.05, 3.63) is 0 Å². The molecule has 1 aliphatic rings. The Labute approximate surface area is 78.1 Å². The molecule has 3 nitrogen and oxygen atoms in total. The lowest BCUT2D eigenvalue weighted by Gasteiger charge is -2.25. The van der Waals surface area contributed by atoms with Crippen molar-refractivity contribution in [3.8, 4) is 0 Å². The zero-order valence-corrected chi connectivity index (χ0v) is 7.90. The van der Waals surface area contributed by atoms with Crippen LogP contribution >= 0.6 is 12.2 Å². The fourth-order valence-electron chi connectivity index (χ4n) is 1.43. The molecule has 0 aromatic rings. The molecular weight excluding hydrogens is 172 g/mol. The van der Waals surface area contributed by atoms with E-state index in [2.05, 4.69) is 22.4 Å². The standard InChI is InChI=1S/C8H14N2OS/c11-8(9-7-12)6-10-4-2-1-3-5-10/h7H,1-6H2,(H,9,11,12). The fourth-order valence-corrected chi connectivity index (χ4v) is 1.56. The molecule has 1 aliphatic heterocycles. The van der Waals surface area contributed by atoms with Crippen LogP contribution in [0.25, 0.3) is 0 Å². The average molecular weight is 186 g/mol. The van der Waals surface area contributed by atoms with E-state index in [0.717, 1.165) is 13.1 Å². The molecule has 0 spiro atoms. The maximum absolute atomic E-state index is 11.1. The van der Waals surface area contributed by atoms with E-state index in [0.29, 0.717) is 6.54 Å². The van der Waals surface area contributed by atoms with Gasteiger partial charge in [0, 0.05) is 0 Å². The summed E-state index contributed by atoms with van der Waals surface area (Å²) in [6, 6.07) is 0. The third-order valence-corrected chi connectivity index (χ3v) is 2.15. The highest BCUT2D eigenvalue weighted by Gasteiger charge is 2.12. The molecule has 0 bridgehead atoms. The van der Waals surface area contributed by atoms with Crippen LogP contribution < -0.4 is 5.32 Å². The number of likely N-dealkylation sites (tertiary alicyclic amines) is 1. The number of piperidine rings is 1. The molecule has 1 rings (SSSR count). The number of nitrogens with one attached hydrogen (secondary N) is 1. The fraction of sp³-hybridized carbons (Fsp3) is 0.750. The Morgan fingerprint density at radius 2 is 2.08 bits per heavy atom. The molecule has 0 aromatic heterocycles. The lowest BCUT2D eigenvalue weighted by molar-refractivity contribution is -0.120. The summed E-state index contributed by atoms with van der Waals surface area (Å²) in [5.74, 6) is 0.00639. The van der Waals surface area contributed by atoms with Crippen LogP contribution in [0.3, 0.4) is 0 Å². The largest absolute Gasteiger partial charge is 0.322 e. The highest BCUT2D eigenvalue weighted by atomic mass is 32.1. The van der Waals surface area contributed by atoms with E-state index in [-0.39, 0.29) is 5.91 Å². The Hall–Kier alpha value is -0.480. The lowest BCUT2D eigenvalue weighted by atomic mass is 10.1. The van der Waals surface area contributed by atoms with E-state index in [9.17, 15) is 4.79 Å². The summed E-state index contributed by atoms with van der Waals surface area (Å²) >= 11 is 4.52. The maximum atomic E-state index is 11.1. The summed E-state index contributed by atoms with van der Waals surface area (Å²) in [5.41, 5.74) is 1.27. The van der Waals surface area contributed by atoms with Crippen LogP contribution in [-0.4, -0.2) is 35.9 Å². The molecule has 0 radical (unpaired) electrons. The molecule has 0 aliphatic carbocycles. The van der Waals surface area contributed by atoms with Gasteiger partial charge in [0.25, 0.3) is 0 Å². The van der Waals surface area contributed by atoms with Crippen molar-refractivity contribution in [2.75, 3.05) is 19.6 Å². The van der Waals surface area contributed by atoms with Gasteiger partial charge in [0.15, 0.2) is 0 Å². The number of thiocarbonyl (C=S) groups is 1. The second kappa shape index (κ2) is 5.22. The quantitative estimate of drug-likeness (QED) is 0.653. The Kier molecular flexibility index (Phi) is 4.18. The highest BCUT2D eigenvalue weighted by Crippen LogP contribution is 2.07. The zero-order chi connectivity index (χ0) is 8.81. The number of carbonyl (C=O) groups excluding carboxylic acids is 1. The molecule has 68 valence electrons. The molecule has 0 saturated carbocycles. The molecule has 4 heteroatoms. The van der Waals surface area contributed by atoms with Gasteiger partial charge in [-0.25, -0.2) is 0 Å². The summed E-state index contributed by atoms with van der Waals surface area (Å²) in [6.45, 7) is 2.59. The molecule has 12 heavy (non-hydrogen) atoms.